The molecular formula is C11H14N4O. The molecule has 0 aliphatic heterocycles. The molecule has 1 saturated carbocycles. The highest BCUT2D eigenvalue weighted by Crippen LogP contribution is 2.48. The summed E-state index contributed by atoms with van der Waals surface area (Å²) in [5, 5.41) is 20.9. The third kappa shape index (κ3) is 2.28. The number of nitriles is 1. The largest absolute Gasteiger partial charge is 0.396 e. The van der Waals surface area contributed by atoms with Gasteiger partial charge in [-0.05, 0) is 24.7 Å². The van der Waals surface area contributed by atoms with Crippen LogP contribution in [0.15, 0.2) is 12.4 Å². The van der Waals surface area contributed by atoms with Crippen LogP contribution in [0.5, 0.6) is 0 Å². The standard InChI is InChI=1S/C11H14N4O/c12-7-9-10(14-5-4-13-9)15-8-11(1-2-11)3-6-16/h4-5,16H,1-3,6,8H2,(H,14,15). The van der Waals surface area contributed by atoms with Crippen LogP contribution in [0, 0.1) is 16.7 Å². The van der Waals surface area contributed by atoms with Gasteiger partial charge < -0.3 is 10.4 Å². The minimum absolute atomic E-state index is 0.207. The van der Waals surface area contributed by atoms with Crippen molar-refractivity contribution in [3.8, 4) is 6.07 Å². The van der Waals surface area contributed by atoms with Gasteiger partial charge in [-0.25, -0.2) is 9.97 Å². The summed E-state index contributed by atoms with van der Waals surface area (Å²) in [6.07, 6.45) is 6.13. The predicted molar refractivity (Wildman–Crippen MR) is 58.6 cm³/mol. The van der Waals surface area contributed by atoms with E-state index in [2.05, 4.69) is 15.3 Å². The van der Waals surface area contributed by atoms with E-state index in [0.717, 1.165) is 25.8 Å². The monoisotopic (exact) mass is 218 g/mol. The number of aliphatic hydroxyl groups excluding tert-OH is 1. The van der Waals surface area contributed by atoms with Gasteiger partial charge in [0.2, 0.25) is 0 Å². The predicted octanol–water partition coefficient (Wildman–Crippen LogP) is 0.923. The molecule has 0 bridgehead atoms. The molecule has 84 valence electrons. The van der Waals surface area contributed by atoms with E-state index in [4.69, 9.17) is 10.4 Å². The summed E-state index contributed by atoms with van der Waals surface area (Å²) in [6.45, 7) is 0.966. The Morgan fingerprint density at radius 2 is 2.19 bits per heavy atom. The second kappa shape index (κ2) is 4.45. The van der Waals surface area contributed by atoms with Crippen molar-refractivity contribution >= 4 is 5.82 Å². The molecule has 1 heterocycles. The van der Waals surface area contributed by atoms with Gasteiger partial charge in [-0.2, -0.15) is 5.26 Å². The first-order valence-corrected chi connectivity index (χ1v) is 5.35. The minimum Gasteiger partial charge on any atom is -0.396 e. The molecule has 2 N–H and O–H groups in total. The van der Waals surface area contributed by atoms with Crippen LogP contribution in [-0.2, 0) is 0 Å². The van der Waals surface area contributed by atoms with Crippen molar-refractivity contribution in [2.75, 3.05) is 18.5 Å². The molecule has 1 aromatic rings. The van der Waals surface area contributed by atoms with E-state index in [9.17, 15) is 0 Å². The molecule has 0 saturated heterocycles. The smallest absolute Gasteiger partial charge is 0.182 e. The lowest BCUT2D eigenvalue weighted by molar-refractivity contribution is 0.253. The molecule has 0 atom stereocenters. The van der Waals surface area contributed by atoms with E-state index in [1.54, 1.807) is 6.20 Å². The summed E-state index contributed by atoms with van der Waals surface area (Å²) in [4.78, 5) is 8.01. The van der Waals surface area contributed by atoms with Crippen molar-refractivity contribution in [3.63, 3.8) is 0 Å². The van der Waals surface area contributed by atoms with Gasteiger partial charge in [0.1, 0.15) is 6.07 Å². The Balaban J connectivity index is 1.97. The van der Waals surface area contributed by atoms with Crippen LogP contribution in [0.1, 0.15) is 25.0 Å². The molecule has 0 aromatic carbocycles. The number of nitrogens with one attached hydrogen (secondary N) is 1. The molecular weight excluding hydrogens is 204 g/mol. The summed E-state index contributed by atoms with van der Waals surface area (Å²) in [5.41, 5.74) is 0.529. The lowest BCUT2D eigenvalue weighted by Crippen LogP contribution is -2.18. The van der Waals surface area contributed by atoms with Crippen molar-refractivity contribution in [3.05, 3.63) is 18.1 Å². The van der Waals surface area contributed by atoms with Crippen LogP contribution >= 0.6 is 0 Å². The van der Waals surface area contributed by atoms with Crippen LogP contribution in [0.3, 0.4) is 0 Å². The SMILES string of the molecule is N#Cc1nccnc1NCC1(CCO)CC1. The second-order valence-corrected chi connectivity index (χ2v) is 4.19. The fourth-order valence-corrected chi connectivity index (χ4v) is 1.75. The maximum absolute atomic E-state index is 8.93. The number of anilines is 1. The first-order chi connectivity index (χ1) is 7.79. The minimum atomic E-state index is 0.207. The van der Waals surface area contributed by atoms with Gasteiger partial charge in [0.05, 0.1) is 0 Å². The normalized spacial score (nSPS) is 16.5. The van der Waals surface area contributed by atoms with Crippen LogP contribution in [0.4, 0.5) is 5.82 Å². The maximum Gasteiger partial charge on any atom is 0.182 e. The van der Waals surface area contributed by atoms with Crippen LogP contribution < -0.4 is 5.32 Å². The molecule has 16 heavy (non-hydrogen) atoms. The highest BCUT2D eigenvalue weighted by Gasteiger charge is 2.41. The van der Waals surface area contributed by atoms with Crippen molar-refractivity contribution in [2.45, 2.75) is 19.3 Å². The summed E-state index contributed by atoms with van der Waals surface area (Å²) >= 11 is 0. The van der Waals surface area contributed by atoms with Crippen molar-refractivity contribution in [2.24, 2.45) is 5.41 Å². The summed E-state index contributed by atoms with van der Waals surface area (Å²) < 4.78 is 0. The van der Waals surface area contributed by atoms with Gasteiger partial charge in [-0.3, -0.25) is 0 Å². The molecule has 5 heteroatoms. The highest BCUT2D eigenvalue weighted by atomic mass is 16.3. The van der Waals surface area contributed by atoms with Gasteiger partial charge >= 0.3 is 0 Å². The van der Waals surface area contributed by atoms with E-state index < -0.39 is 0 Å². The maximum atomic E-state index is 8.93. The van der Waals surface area contributed by atoms with Crippen molar-refractivity contribution in [1.29, 1.82) is 5.26 Å². The number of hydrogen-bond donors (Lipinski definition) is 2. The molecule has 0 unspecified atom stereocenters. The number of nitrogens with zero attached hydrogens (tertiary/aromatic N) is 3. The first kappa shape index (κ1) is 10.8. The number of aromatic nitrogens is 2. The first-order valence-electron chi connectivity index (χ1n) is 5.35. The number of rotatable bonds is 5. The second-order valence-electron chi connectivity index (χ2n) is 4.19. The van der Waals surface area contributed by atoms with E-state index in [1.807, 2.05) is 6.07 Å². The van der Waals surface area contributed by atoms with Gasteiger partial charge in [0, 0.05) is 25.5 Å². The van der Waals surface area contributed by atoms with Crippen LogP contribution in [-0.4, -0.2) is 28.2 Å². The average molecular weight is 218 g/mol. The molecule has 5 nitrogen and oxygen atoms in total. The molecule has 0 amide bonds. The molecule has 1 fully saturated rings. The lowest BCUT2D eigenvalue weighted by Gasteiger charge is -2.14. The molecule has 1 aliphatic rings. The van der Waals surface area contributed by atoms with E-state index in [-0.39, 0.29) is 12.0 Å². The van der Waals surface area contributed by atoms with Crippen LogP contribution in [0.25, 0.3) is 0 Å². The topological polar surface area (TPSA) is 81.8 Å². The Morgan fingerprint density at radius 1 is 1.44 bits per heavy atom. The van der Waals surface area contributed by atoms with Gasteiger partial charge in [-0.15, -0.1) is 0 Å². The summed E-state index contributed by atoms with van der Waals surface area (Å²) in [7, 11) is 0. The molecule has 0 spiro atoms. The third-order valence-electron chi connectivity index (χ3n) is 3.03. The van der Waals surface area contributed by atoms with Crippen LogP contribution in [0.2, 0.25) is 0 Å². The Hall–Kier alpha value is -1.67. The zero-order valence-electron chi connectivity index (χ0n) is 8.98. The van der Waals surface area contributed by atoms with E-state index in [0.29, 0.717) is 11.5 Å². The Kier molecular flexibility index (Phi) is 3.02. The van der Waals surface area contributed by atoms with Gasteiger partial charge in [0.25, 0.3) is 0 Å². The highest BCUT2D eigenvalue weighted by molar-refractivity contribution is 5.46. The molecule has 2 rings (SSSR count). The molecule has 1 aliphatic carbocycles. The fraction of sp³-hybridized carbons (Fsp3) is 0.545. The Bertz CT molecular complexity index is 409. The van der Waals surface area contributed by atoms with Crippen molar-refractivity contribution < 1.29 is 5.11 Å². The third-order valence-corrected chi connectivity index (χ3v) is 3.03. The lowest BCUT2D eigenvalue weighted by atomic mass is 10.0. The number of aliphatic hydroxyl groups is 1. The molecule has 1 aromatic heterocycles. The number of hydrogen-bond acceptors (Lipinski definition) is 5. The summed E-state index contributed by atoms with van der Waals surface area (Å²) in [6, 6.07) is 2.00. The summed E-state index contributed by atoms with van der Waals surface area (Å²) in [5.74, 6) is 0.536. The zero-order chi connectivity index (χ0) is 11.4. The fourth-order valence-electron chi connectivity index (χ4n) is 1.75. The Labute approximate surface area is 94.2 Å². The van der Waals surface area contributed by atoms with Crippen molar-refractivity contribution in [1.82, 2.24) is 9.97 Å². The molecule has 0 radical (unpaired) electrons. The average Bonchev–Trinajstić information content (AvgIpc) is 3.08. The Morgan fingerprint density at radius 3 is 2.81 bits per heavy atom. The van der Waals surface area contributed by atoms with Gasteiger partial charge in [0.15, 0.2) is 11.5 Å². The quantitative estimate of drug-likeness (QED) is 0.768. The zero-order valence-corrected chi connectivity index (χ0v) is 8.98. The van der Waals surface area contributed by atoms with E-state index in [1.165, 1.54) is 6.20 Å². The van der Waals surface area contributed by atoms with Gasteiger partial charge in [-0.1, -0.05) is 0 Å². The van der Waals surface area contributed by atoms with E-state index >= 15 is 0 Å².